The van der Waals surface area contributed by atoms with Gasteiger partial charge in [0, 0.05) is 17.5 Å². The predicted molar refractivity (Wildman–Crippen MR) is 100 cm³/mol. The molecule has 0 unspecified atom stereocenters. The number of hydrogen-bond acceptors (Lipinski definition) is 4. The lowest BCUT2D eigenvalue weighted by molar-refractivity contribution is -0.107. The molecule has 0 aliphatic carbocycles. The van der Waals surface area contributed by atoms with Crippen LogP contribution in [0.15, 0.2) is 54.6 Å². The summed E-state index contributed by atoms with van der Waals surface area (Å²) in [5.74, 6) is 0.769. The van der Waals surface area contributed by atoms with Crippen molar-refractivity contribution in [3.05, 3.63) is 65.7 Å². The molecule has 4 nitrogen and oxygen atoms in total. The van der Waals surface area contributed by atoms with Crippen molar-refractivity contribution in [2.45, 2.75) is 32.6 Å². The lowest BCUT2D eigenvalue weighted by Gasteiger charge is -1.96. The Morgan fingerprint density at radius 1 is 0.800 bits per heavy atom. The number of methoxy groups -OCH3 is 1. The molecule has 2 aromatic rings. The fourth-order valence-electron chi connectivity index (χ4n) is 1.69. The molecule has 2 rings (SSSR count). The van der Waals surface area contributed by atoms with Gasteiger partial charge in [0.2, 0.25) is 0 Å². The second-order valence-corrected chi connectivity index (χ2v) is 5.08. The van der Waals surface area contributed by atoms with Gasteiger partial charge in [0.25, 0.3) is 0 Å². The first kappa shape index (κ1) is 22.2. The summed E-state index contributed by atoms with van der Waals surface area (Å²) in [7, 11) is 1.59. The topological polar surface area (TPSA) is 60.4 Å². The van der Waals surface area contributed by atoms with Gasteiger partial charge in [-0.2, -0.15) is 0 Å². The number of hydrogen-bond donors (Lipinski definition) is 0. The number of carbonyl (C=O) groups excluding carboxylic acids is 3. The van der Waals surface area contributed by atoms with Gasteiger partial charge in [-0.1, -0.05) is 50.1 Å². The van der Waals surface area contributed by atoms with Crippen LogP contribution >= 0.6 is 0 Å². The Bertz CT molecular complexity index is 577. The molecule has 0 fully saturated rings. The molecule has 0 radical (unpaired) electrons. The molecule has 2 aromatic carbocycles. The van der Waals surface area contributed by atoms with E-state index in [1.54, 1.807) is 43.5 Å². The van der Waals surface area contributed by atoms with Gasteiger partial charge in [-0.15, -0.1) is 0 Å². The average molecular weight is 342 g/mol. The van der Waals surface area contributed by atoms with E-state index in [0.29, 0.717) is 5.56 Å². The number of unbranched alkanes of at least 4 members (excludes halogenated alkanes) is 3. The third-order valence-corrected chi connectivity index (χ3v) is 3.11. The van der Waals surface area contributed by atoms with E-state index < -0.39 is 0 Å². The minimum atomic E-state index is 0.667. The summed E-state index contributed by atoms with van der Waals surface area (Å²) in [6.07, 6.45) is 6.83. The molecular formula is C21H26O4. The van der Waals surface area contributed by atoms with Crippen LogP contribution in [0.5, 0.6) is 5.75 Å². The third-order valence-electron chi connectivity index (χ3n) is 3.11. The van der Waals surface area contributed by atoms with Crippen molar-refractivity contribution in [3.8, 4) is 5.75 Å². The molecule has 0 atom stereocenters. The monoisotopic (exact) mass is 342 g/mol. The number of ether oxygens (including phenoxy) is 1. The third kappa shape index (κ3) is 12.4. The Kier molecular flexibility index (Phi) is 14.3. The Morgan fingerprint density at radius 2 is 1.36 bits per heavy atom. The Labute approximate surface area is 149 Å². The molecule has 0 aliphatic heterocycles. The highest BCUT2D eigenvalue weighted by Crippen LogP contribution is 2.09. The minimum Gasteiger partial charge on any atom is -0.497 e. The van der Waals surface area contributed by atoms with Crippen molar-refractivity contribution in [1.29, 1.82) is 0 Å². The zero-order valence-corrected chi connectivity index (χ0v) is 14.9. The van der Waals surface area contributed by atoms with Gasteiger partial charge in [-0.3, -0.25) is 9.59 Å². The normalized spacial score (nSPS) is 8.72. The summed E-state index contributed by atoms with van der Waals surface area (Å²) >= 11 is 0. The molecule has 4 heteroatoms. The Balaban J connectivity index is 0.000000353. The van der Waals surface area contributed by atoms with Crippen LogP contribution in [0.3, 0.4) is 0 Å². The molecule has 0 saturated heterocycles. The maximum Gasteiger partial charge on any atom is 0.150 e. The first-order chi connectivity index (χ1) is 12.2. The van der Waals surface area contributed by atoms with Gasteiger partial charge in [-0.05, 0) is 30.7 Å². The summed E-state index contributed by atoms with van der Waals surface area (Å²) in [5.41, 5.74) is 1.40. The summed E-state index contributed by atoms with van der Waals surface area (Å²) in [4.78, 5) is 29.9. The maximum absolute atomic E-state index is 10.2. The van der Waals surface area contributed by atoms with E-state index in [4.69, 9.17) is 4.74 Å². The van der Waals surface area contributed by atoms with Crippen LogP contribution in [0, 0.1) is 0 Å². The molecule has 0 N–H and O–H groups in total. The van der Waals surface area contributed by atoms with E-state index in [9.17, 15) is 14.4 Å². The van der Waals surface area contributed by atoms with Crippen LogP contribution in [0.2, 0.25) is 0 Å². The second-order valence-electron chi connectivity index (χ2n) is 5.08. The zero-order chi connectivity index (χ0) is 18.8. The molecule has 25 heavy (non-hydrogen) atoms. The largest absolute Gasteiger partial charge is 0.497 e. The van der Waals surface area contributed by atoms with Crippen molar-refractivity contribution in [2.24, 2.45) is 0 Å². The van der Waals surface area contributed by atoms with E-state index in [0.717, 1.165) is 43.0 Å². The molecule has 0 saturated carbocycles. The summed E-state index contributed by atoms with van der Waals surface area (Å²) in [6.45, 7) is 2.13. The molecule has 134 valence electrons. The van der Waals surface area contributed by atoms with Crippen LogP contribution in [-0.2, 0) is 4.79 Å². The average Bonchev–Trinajstić information content (AvgIpc) is 2.70. The lowest BCUT2D eigenvalue weighted by atomic mass is 10.2. The Hall–Kier alpha value is -2.75. The Morgan fingerprint density at radius 3 is 1.76 bits per heavy atom. The van der Waals surface area contributed by atoms with E-state index in [1.165, 1.54) is 12.8 Å². The van der Waals surface area contributed by atoms with E-state index >= 15 is 0 Å². The highest BCUT2D eigenvalue weighted by atomic mass is 16.5. The van der Waals surface area contributed by atoms with Crippen molar-refractivity contribution in [2.75, 3.05) is 7.11 Å². The smallest absolute Gasteiger partial charge is 0.150 e. The number of benzene rings is 2. The van der Waals surface area contributed by atoms with E-state index in [-0.39, 0.29) is 0 Å². The van der Waals surface area contributed by atoms with Gasteiger partial charge >= 0.3 is 0 Å². The van der Waals surface area contributed by atoms with Gasteiger partial charge in [0.05, 0.1) is 7.11 Å². The van der Waals surface area contributed by atoms with E-state index in [1.807, 2.05) is 18.2 Å². The van der Waals surface area contributed by atoms with Crippen molar-refractivity contribution in [1.82, 2.24) is 0 Å². The van der Waals surface area contributed by atoms with Crippen LogP contribution in [0.1, 0.15) is 53.3 Å². The van der Waals surface area contributed by atoms with Crippen molar-refractivity contribution in [3.63, 3.8) is 0 Å². The van der Waals surface area contributed by atoms with Crippen molar-refractivity contribution < 1.29 is 19.1 Å². The molecule has 0 spiro atoms. The predicted octanol–water partition coefficient (Wildman–Crippen LogP) is 4.77. The fourth-order valence-corrected chi connectivity index (χ4v) is 1.69. The fraction of sp³-hybridized carbons (Fsp3) is 0.286. The highest BCUT2D eigenvalue weighted by Gasteiger charge is 1.89. The lowest BCUT2D eigenvalue weighted by Crippen LogP contribution is -1.82. The van der Waals surface area contributed by atoms with Crippen LogP contribution in [-0.4, -0.2) is 26.0 Å². The highest BCUT2D eigenvalue weighted by molar-refractivity contribution is 5.75. The van der Waals surface area contributed by atoms with Gasteiger partial charge in [0.1, 0.15) is 24.6 Å². The first-order valence-corrected chi connectivity index (χ1v) is 8.24. The van der Waals surface area contributed by atoms with Crippen LogP contribution < -0.4 is 4.74 Å². The molecule has 0 amide bonds. The maximum atomic E-state index is 10.2. The van der Waals surface area contributed by atoms with E-state index in [2.05, 4.69) is 6.92 Å². The SMILES string of the molecule is CCCCCC=O.COc1ccc(C=O)cc1.O=Cc1ccccc1. The number of rotatable bonds is 7. The summed E-state index contributed by atoms with van der Waals surface area (Å²) < 4.78 is 4.90. The molecule has 0 aliphatic rings. The number of aldehydes is 3. The standard InChI is InChI=1S/C8H8O2.C7H6O.C6H12O/c1-10-8-4-2-7(6-9)3-5-8;8-6-7-4-2-1-3-5-7;1-2-3-4-5-6-7/h2-6H,1H3;1-6H;6H,2-5H2,1H3. The molecular weight excluding hydrogens is 316 g/mol. The summed E-state index contributed by atoms with van der Waals surface area (Å²) in [6, 6.07) is 16.0. The van der Waals surface area contributed by atoms with Crippen LogP contribution in [0.25, 0.3) is 0 Å². The molecule has 0 aromatic heterocycles. The first-order valence-electron chi connectivity index (χ1n) is 8.24. The zero-order valence-electron chi connectivity index (χ0n) is 14.9. The minimum absolute atomic E-state index is 0.667. The molecule has 0 bridgehead atoms. The summed E-state index contributed by atoms with van der Waals surface area (Å²) in [5, 5.41) is 0. The number of carbonyl (C=O) groups is 3. The van der Waals surface area contributed by atoms with Gasteiger partial charge in [-0.25, -0.2) is 0 Å². The quantitative estimate of drug-likeness (QED) is 0.537. The second kappa shape index (κ2) is 16.1. The van der Waals surface area contributed by atoms with Gasteiger partial charge in [0.15, 0.2) is 0 Å². The van der Waals surface area contributed by atoms with Crippen LogP contribution in [0.4, 0.5) is 0 Å². The van der Waals surface area contributed by atoms with Crippen molar-refractivity contribution >= 4 is 18.9 Å². The molecule has 0 heterocycles. The van der Waals surface area contributed by atoms with Gasteiger partial charge < -0.3 is 9.53 Å².